The molecule has 2 aromatic heterocycles. The topological polar surface area (TPSA) is 156 Å². The van der Waals surface area contributed by atoms with Gasteiger partial charge in [-0.2, -0.15) is 0 Å². The second-order valence-corrected chi connectivity index (χ2v) is 14.5. The van der Waals surface area contributed by atoms with Gasteiger partial charge in [-0.15, -0.1) is 0 Å². The summed E-state index contributed by atoms with van der Waals surface area (Å²) >= 11 is 0. The molecule has 12 heteroatoms. The fraction of sp³-hybridized carbons (Fsp3) is 0.462. The molecule has 0 amide bonds. The molecule has 2 aliphatic rings. The molecule has 2 atom stereocenters. The average molecular weight is 559 g/mol. The molecule has 0 saturated heterocycles. The first kappa shape index (κ1) is 26.8. The second kappa shape index (κ2) is 9.44. The Morgan fingerprint density at radius 3 is 1.32 bits per heavy atom. The first-order valence-corrected chi connectivity index (χ1v) is 16.5. The van der Waals surface area contributed by atoms with Crippen LogP contribution < -0.4 is 11.5 Å². The summed E-state index contributed by atoms with van der Waals surface area (Å²) in [6.45, 7) is 3.75. The monoisotopic (exact) mass is 558 g/mol. The lowest BCUT2D eigenvalue weighted by molar-refractivity contribution is 0.598. The maximum Gasteiger partial charge on any atom is 0.177 e. The number of fused-ring (bicyclic) bond motifs is 2. The van der Waals surface area contributed by atoms with Crippen LogP contribution in [0.4, 0.5) is 0 Å². The van der Waals surface area contributed by atoms with Crippen LogP contribution in [0.2, 0.25) is 0 Å². The van der Waals surface area contributed by atoms with Gasteiger partial charge < -0.3 is 20.6 Å². The number of rotatable bonds is 6. The summed E-state index contributed by atoms with van der Waals surface area (Å²) in [4.78, 5) is 9.73. The zero-order valence-corrected chi connectivity index (χ0v) is 23.6. The third-order valence-electron chi connectivity index (χ3n) is 6.84. The van der Waals surface area contributed by atoms with E-state index in [-0.39, 0.29) is 12.1 Å². The van der Waals surface area contributed by atoms with Gasteiger partial charge in [0.1, 0.15) is 11.6 Å². The van der Waals surface area contributed by atoms with Gasteiger partial charge in [-0.05, 0) is 63.8 Å². The number of benzene rings is 2. The van der Waals surface area contributed by atoms with E-state index in [0.29, 0.717) is 43.9 Å². The summed E-state index contributed by atoms with van der Waals surface area (Å²) < 4.78 is 51.8. The highest BCUT2D eigenvalue weighted by Gasteiger charge is 2.32. The minimum absolute atomic E-state index is 0.208. The summed E-state index contributed by atoms with van der Waals surface area (Å²) in [7, 11) is -6.54. The molecule has 6 rings (SSSR count). The van der Waals surface area contributed by atoms with Crippen LogP contribution >= 0.6 is 0 Å². The van der Waals surface area contributed by atoms with E-state index < -0.39 is 19.7 Å². The lowest BCUT2D eigenvalue weighted by atomic mass is 10.3. The highest BCUT2D eigenvalue weighted by Crippen LogP contribution is 2.42. The minimum atomic E-state index is -3.27. The Labute approximate surface area is 222 Å². The number of nitrogens with zero attached hydrogens (tertiary/aromatic N) is 4. The standard InChI is InChI=1S/2C13H17N3O2S/c2*1-8(14)13-15-10-4-3-5-11(19(2,17)18)12(10)16(13)9-6-7-9/h2*3-5,8-9H,6-7,14H2,1-2H3/t2*8-/m10/s1. The van der Waals surface area contributed by atoms with Crippen molar-refractivity contribution in [3.63, 3.8) is 0 Å². The highest BCUT2D eigenvalue weighted by molar-refractivity contribution is 7.91. The van der Waals surface area contributed by atoms with Crippen molar-refractivity contribution in [2.45, 2.75) is 73.5 Å². The first-order chi connectivity index (χ1) is 17.8. The molecule has 0 unspecified atom stereocenters. The number of hydrogen-bond donors (Lipinski definition) is 2. The van der Waals surface area contributed by atoms with E-state index in [9.17, 15) is 16.8 Å². The van der Waals surface area contributed by atoms with E-state index in [0.717, 1.165) is 37.3 Å². The Morgan fingerprint density at radius 2 is 1.05 bits per heavy atom. The molecule has 2 heterocycles. The Morgan fingerprint density at radius 1 is 0.711 bits per heavy atom. The molecule has 2 fully saturated rings. The van der Waals surface area contributed by atoms with E-state index in [1.165, 1.54) is 12.5 Å². The van der Waals surface area contributed by atoms with Gasteiger partial charge >= 0.3 is 0 Å². The largest absolute Gasteiger partial charge is 0.322 e. The molecule has 2 aliphatic carbocycles. The lowest BCUT2D eigenvalue weighted by Crippen LogP contribution is -2.13. The highest BCUT2D eigenvalue weighted by atomic mass is 32.2. The molecule has 38 heavy (non-hydrogen) atoms. The average Bonchev–Trinajstić information content (AvgIpc) is 3.76. The maximum absolute atomic E-state index is 11.9. The zero-order valence-electron chi connectivity index (χ0n) is 22.0. The normalized spacial score (nSPS) is 17.8. The second-order valence-electron chi connectivity index (χ2n) is 10.5. The van der Waals surface area contributed by atoms with Crippen molar-refractivity contribution < 1.29 is 16.8 Å². The molecule has 2 aromatic carbocycles. The third-order valence-corrected chi connectivity index (χ3v) is 9.10. The van der Waals surface area contributed by atoms with Crippen molar-refractivity contribution in [1.82, 2.24) is 19.1 Å². The van der Waals surface area contributed by atoms with Gasteiger partial charge in [-0.1, -0.05) is 12.1 Å². The first-order valence-electron chi connectivity index (χ1n) is 12.7. The van der Waals surface area contributed by atoms with Crippen molar-refractivity contribution in [2.75, 3.05) is 12.5 Å². The van der Waals surface area contributed by atoms with Crippen LogP contribution in [0.3, 0.4) is 0 Å². The van der Waals surface area contributed by atoms with Gasteiger partial charge in [0.05, 0.1) is 43.9 Å². The molecule has 10 nitrogen and oxygen atoms in total. The number of hydrogen-bond acceptors (Lipinski definition) is 8. The molecule has 0 spiro atoms. The summed E-state index contributed by atoms with van der Waals surface area (Å²) in [6.07, 6.45) is 6.70. The van der Waals surface area contributed by atoms with E-state index in [4.69, 9.17) is 11.5 Å². The fourth-order valence-electron chi connectivity index (χ4n) is 4.92. The Hall–Kier alpha value is -2.80. The molecule has 2 saturated carbocycles. The van der Waals surface area contributed by atoms with Crippen LogP contribution in [-0.2, 0) is 19.7 Å². The van der Waals surface area contributed by atoms with Gasteiger partial charge in [-0.25, -0.2) is 26.8 Å². The van der Waals surface area contributed by atoms with Crippen LogP contribution in [0.25, 0.3) is 22.1 Å². The zero-order chi connectivity index (χ0) is 27.6. The van der Waals surface area contributed by atoms with Crippen molar-refractivity contribution in [3.05, 3.63) is 48.0 Å². The van der Waals surface area contributed by atoms with Gasteiger partial charge in [0.25, 0.3) is 0 Å². The molecule has 204 valence electrons. The van der Waals surface area contributed by atoms with Crippen molar-refractivity contribution >= 4 is 41.7 Å². The van der Waals surface area contributed by atoms with E-state index in [2.05, 4.69) is 9.97 Å². The molecule has 0 aliphatic heterocycles. The summed E-state index contributed by atoms with van der Waals surface area (Å²) in [5, 5.41) is 0. The quantitative estimate of drug-likeness (QED) is 0.364. The summed E-state index contributed by atoms with van der Waals surface area (Å²) in [6, 6.07) is 10.7. The molecular formula is C26H34N6O4S2. The van der Waals surface area contributed by atoms with Crippen molar-refractivity contribution in [1.29, 1.82) is 0 Å². The summed E-state index contributed by atoms with van der Waals surface area (Å²) in [5.74, 6) is 1.54. The SMILES string of the molecule is C[C@@H](N)c1nc2cccc(S(C)(=O)=O)c2n1C1CC1.C[C@H](N)c1nc2cccc(S(C)(=O)=O)c2n1C1CC1. The lowest BCUT2D eigenvalue weighted by Gasteiger charge is -2.11. The minimum Gasteiger partial charge on any atom is -0.322 e. The van der Waals surface area contributed by atoms with Gasteiger partial charge in [0.15, 0.2) is 19.7 Å². The number of aromatic nitrogens is 4. The molecular weight excluding hydrogens is 524 g/mol. The molecule has 0 bridgehead atoms. The van der Waals surface area contributed by atoms with E-state index >= 15 is 0 Å². The predicted molar refractivity (Wildman–Crippen MR) is 147 cm³/mol. The predicted octanol–water partition coefficient (Wildman–Crippen LogP) is 3.59. The van der Waals surface area contributed by atoms with Gasteiger partial charge in [-0.3, -0.25) is 0 Å². The fourth-order valence-corrected chi connectivity index (χ4v) is 6.68. The number of sulfone groups is 2. The van der Waals surface area contributed by atoms with Gasteiger partial charge in [0, 0.05) is 24.6 Å². The Bertz CT molecular complexity index is 1620. The maximum atomic E-state index is 11.9. The van der Waals surface area contributed by atoms with Crippen molar-refractivity contribution in [3.8, 4) is 0 Å². The van der Waals surface area contributed by atoms with Crippen LogP contribution in [0.5, 0.6) is 0 Å². The molecule has 0 radical (unpaired) electrons. The Kier molecular flexibility index (Phi) is 6.65. The number of imidazole rings is 2. The number of nitrogens with two attached hydrogens (primary N) is 2. The number of para-hydroxylation sites is 2. The van der Waals surface area contributed by atoms with Crippen LogP contribution in [0.15, 0.2) is 46.2 Å². The smallest absolute Gasteiger partial charge is 0.177 e. The van der Waals surface area contributed by atoms with E-state index in [1.54, 1.807) is 24.3 Å². The van der Waals surface area contributed by atoms with Gasteiger partial charge in [0.2, 0.25) is 0 Å². The molecule has 4 aromatic rings. The molecule has 4 N–H and O–H groups in total. The van der Waals surface area contributed by atoms with E-state index in [1.807, 2.05) is 35.1 Å². The van der Waals surface area contributed by atoms with Crippen LogP contribution in [0, 0.1) is 0 Å². The Balaban J connectivity index is 0.000000155. The van der Waals surface area contributed by atoms with Crippen LogP contribution in [-0.4, -0.2) is 48.4 Å². The third kappa shape index (κ3) is 4.97. The van der Waals surface area contributed by atoms with Crippen LogP contribution in [0.1, 0.15) is 75.3 Å². The van der Waals surface area contributed by atoms with Crippen molar-refractivity contribution in [2.24, 2.45) is 11.5 Å². The summed E-state index contributed by atoms with van der Waals surface area (Å²) in [5.41, 5.74) is 14.8.